The van der Waals surface area contributed by atoms with Crippen molar-refractivity contribution in [1.29, 1.82) is 0 Å². The summed E-state index contributed by atoms with van der Waals surface area (Å²) in [5.41, 5.74) is 0. The number of hydrogen-bond acceptors (Lipinski definition) is 2. The number of piperidine rings is 1. The Morgan fingerprint density at radius 1 is 1.00 bits per heavy atom. The second-order valence-corrected chi connectivity index (χ2v) is 3.69. The lowest BCUT2D eigenvalue weighted by Crippen LogP contribution is -2.35. The van der Waals surface area contributed by atoms with Crippen LogP contribution in [0.5, 0.6) is 0 Å². The second-order valence-electron chi connectivity index (χ2n) is 3.69. The van der Waals surface area contributed by atoms with Crippen molar-refractivity contribution in [2.75, 3.05) is 20.1 Å². The van der Waals surface area contributed by atoms with Crippen molar-refractivity contribution in [2.45, 2.75) is 66.6 Å². The number of ether oxygens (including phenoxy) is 1. The van der Waals surface area contributed by atoms with E-state index in [9.17, 15) is 0 Å². The second kappa shape index (κ2) is 12.0. The number of nitrogens with zero attached hydrogens (tertiary/aromatic N) is 1. The van der Waals surface area contributed by atoms with Crippen molar-refractivity contribution in [1.82, 2.24) is 4.90 Å². The first-order valence-corrected chi connectivity index (χ1v) is 6.52. The summed E-state index contributed by atoms with van der Waals surface area (Å²) in [4.78, 5) is 2.36. The van der Waals surface area contributed by atoms with E-state index in [1.165, 1.54) is 25.9 Å². The van der Waals surface area contributed by atoms with Gasteiger partial charge in [0.2, 0.25) is 0 Å². The van der Waals surface area contributed by atoms with E-state index < -0.39 is 0 Å². The average Bonchev–Trinajstić information content (AvgIpc) is 2.27. The summed E-state index contributed by atoms with van der Waals surface area (Å²) in [6.07, 6.45) is 3.32. The van der Waals surface area contributed by atoms with Gasteiger partial charge in [0.05, 0.1) is 12.2 Å². The van der Waals surface area contributed by atoms with Gasteiger partial charge in [-0.3, -0.25) is 0 Å². The molecule has 0 aromatic rings. The van der Waals surface area contributed by atoms with Crippen LogP contribution >= 0.6 is 0 Å². The Labute approximate surface area is 97.0 Å². The predicted octanol–water partition coefficient (Wildman–Crippen LogP) is 3.56. The van der Waals surface area contributed by atoms with Crippen molar-refractivity contribution in [3.05, 3.63) is 0 Å². The highest BCUT2D eigenvalue weighted by Gasteiger charge is 2.17. The molecule has 15 heavy (non-hydrogen) atoms. The average molecular weight is 217 g/mol. The zero-order valence-electron chi connectivity index (χ0n) is 11.8. The third-order valence-corrected chi connectivity index (χ3v) is 2.13. The lowest BCUT2D eigenvalue weighted by molar-refractivity contribution is -0.0232. The molecule has 1 aliphatic heterocycles. The summed E-state index contributed by atoms with van der Waals surface area (Å²) in [5.74, 6) is 0. The summed E-state index contributed by atoms with van der Waals surface area (Å²) >= 11 is 0. The Morgan fingerprint density at radius 3 is 1.73 bits per heavy atom. The van der Waals surface area contributed by atoms with Crippen LogP contribution in [0.2, 0.25) is 0 Å². The summed E-state index contributed by atoms with van der Waals surface area (Å²) in [6.45, 7) is 14.6. The molecule has 1 rings (SSSR count). The number of rotatable bonds is 2. The third-order valence-electron chi connectivity index (χ3n) is 2.13. The minimum Gasteiger partial charge on any atom is -0.375 e. The molecule has 0 bridgehead atoms. The standard InChI is InChI=1S/C9H19NO.2C2H6/c1-8(2)11-9-4-6-10(3)7-5-9;2*1-2/h8-9H,4-7H2,1-3H3;2*1-2H3. The van der Waals surface area contributed by atoms with Gasteiger partial charge in [-0.05, 0) is 33.7 Å². The van der Waals surface area contributed by atoms with Crippen LogP contribution in [-0.4, -0.2) is 37.2 Å². The molecule has 0 N–H and O–H groups in total. The molecule has 94 valence electrons. The quantitative estimate of drug-likeness (QED) is 0.701. The van der Waals surface area contributed by atoms with Crippen molar-refractivity contribution < 1.29 is 4.74 Å². The van der Waals surface area contributed by atoms with Gasteiger partial charge in [0.15, 0.2) is 0 Å². The van der Waals surface area contributed by atoms with E-state index in [0.29, 0.717) is 12.2 Å². The summed E-state index contributed by atoms with van der Waals surface area (Å²) in [6, 6.07) is 0. The fourth-order valence-electron chi connectivity index (χ4n) is 1.51. The molecule has 0 aromatic carbocycles. The van der Waals surface area contributed by atoms with Gasteiger partial charge in [0.1, 0.15) is 0 Å². The third kappa shape index (κ3) is 10.2. The van der Waals surface area contributed by atoms with Crippen LogP contribution in [0.25, 0.3) is 0 Å². The highest BCUT2D eigenvalue weighted by Crippen LogP contribution is 2.13. The first-order chi connectivity index (χ1) is 7.18. The van der Waals surface area contributed by atoms with Gasteiger partial charge in [-0.2, -0.15) is 0 Å². The van der Waals surface area contributed by atoms with E-state index in [2.05, 4.69) is 25.8 Å². The molecular formula is C13H31NO. The van der Waals surface area contributed by atoms with Gasteiger partial charge in [0.25, 0.3) is 0 Å². The lowest BCUT2D eigenvalue weighted by atomic mass is 10.1. The Kier molecular flexibility index (Phi) is 13.8. The predicted molar refractivity (Wildman–Crippen MR) is 69.4 cm³/mol. The molecule has 0 atom stereocenters. The smallest absolute Gasteiger partial charge is 0.0603 e. The van der Waals surface area contributed by atoms with Gasteiger partial charge in [-0.15, -0.1) is 0 Å². The molecule has 0 spiro atoms. The largest absolute Gasteiger partial charge is 0.375 e. The Hall–Kier alpha value is -0.0800. The van der Waals surface area contributed by atoms with Crippen LogP contribution in [0, 0.1) is 0 Å². The van der Waals surface area contributed by atoms with E-state index in [1.807, 2.05) is 27.7 Å². The topological polar surface area (TPSA) is 12.5 Å². The number of hydrogen-bond donors (Lipinski definition) is 0. The SMILES string of the molecule is CC.CC.CC(C)OC1CCN(C)CC1. The van der Waals surface area contributed by atoms with Crippen molar-refractivity contribution in [3.63, 3.8) is 0 Å². The zero-order valence-corrected chi connectivity index (χ0v) is 11.8. The van der Waals surface area contributed by atoms with Crippen LogP contribution in [0.15, 0.2) is 0 Å². The van der Waals surface area contributed by atoms with E-state index in [0.717, 1.165) is 0 Å². The van der Waals surface area contributed by atoms with Gasteiger partial charge in [0, 0.05) is 13.1 Å². The minimum atomic E-state index is 0.392. The molecule has 0 aromatic heterocycles. The Bertz CT molecular complexity index is 107. The maximum absolute atomic E-state index is 5.71. The Balaban J connectivity index is 0. The van der Waals surface area contributed by atoms with Crippen LogP contribution in [-0.2, 0) is 4.74 Å². The number of likely N-dealkylation sites (tertiary alicyclic amines) is 1. The lowest BCUT2D eigenvalue weighted by Gasteiger charge is -2.30. The normalized spacial score (nSPS) is 17.6. The molecule has 1 fully saturated rings. The van der Waals surface area contributed by atoms with Gasteiger partial charge in [-0.1, -0.05) is 27.7 Å². The van der Waals surface area contributed by atoms with Crippen LogP contribution in [0.1, 0.15) is 54.4 Å². The summed E-state index contributed by atoms with van der Waals surface area (Å²) in [5, 5.41) is 0. The molecule has 1 heterocycles. The molecule has 0 radical (unpaired) electrons. The molecule has 0 amide bonds. The molecular weight excluding hydrogens is 186 g/mol. The van der Waals surface area contributed by atoms with Crippen molar-refractivity contribution in [3.8, 4) is 0 Å². The van der Waals surface area contributed by atoms with Crippen molar-refractivity contribution >= 4 is 0 Å². The van der Waals surface area contributed by atoms with E-state index in [4.69, 9.17) is 4.74 Å². The fourth-order valence-corrected chi connectivity index (χ4v) is 1.51. The van der Waals surface area contributed by atoms with Crippen LogP contribution in [0.3, 0.4) is 0 Å². The zero-order chi connectivity index (χ0) is 12.3. The Morgan fingerprint density at radius 2 is 1.40 bits per heavy atom. The van der Waals surface area contributed by atoms with Gasteiger partial charge >= 0.3 is 0 Å². The van der Waals surface area contributed by atoms with E-state index in [-0.39, 0.29) is 0 Å². The monoisotopic (exact) mass is 217 g/mol. The van der Waals surface area contributed by atoms with Gasteiger partial charge in [-0.25, -0.2) is 0 Å². The molecule has 1 aliphatic rings. The molecule has 2 heteroatoms. The first-order valence-electron chi connectivity index (χ1n) is 6.52. The summed E-state index contributed by atoms with van der Waals surface area (Å²) in [7, 11) is 2.17. The maximum atomic E-state index is 5.71. The molecule has 0 aliphatic carbocycles. The van der Waals surface area contributed by atoms with Crippen LogP contribution in [0.4, 0.5) is 0 Å². The first kappa shape index (κ1) is 17.3. The molecule has 2 nitrogen and oxygen atoms in total. The molecule has 0 saturated carbocycles. The van der Waals surface area contributed by atoms with E-state index >= 15 is 0 Å². The van der Waals surface area contributed by atoms with Gasteiger partial charge < -0.3 is 9.64 Å². The van der Waals surface area contributed by atoms with Crippen molar-refractivity contribution in [2.24, 2.45) is 0 Å². The van der Waals surface area contributed by atoms with E-state index in [1.54, 1.807) is 0 Å². The molecule has 0 unspecified atom stereocenters. The maximum Gasteiger partial charge on any atom is 0.0603 e. The highest BCUT2D eigenvalue weighted by atomic mass is 16.5. The minimum absolute atomic E-state index is 0.392. The fraction of sp³-hybridized carbons (Fsp3) is 1.00. The molecule has 1 saturated heterocycles. The highest BCUT2D eigenvalue weighted by molar-refractivity contribution is 4.70. The van der Waals surface area contributed by atoms with Crippen LogP contribution < -0.4 is 0 Å². The summed E-state index contributed by atoms with van der Waals surface area (Å²) < 4.78 is 5.71.